The summed E-state index contributed by atoms with van der Waals surface area (Å²) < 4.78 is 0. The van der Waals surface area contributed by atoms with Gasteiger partial charge in [-0.05, 0) is 63.7 Å². The molecule has 2 atom stereocenters. The highest BCUT2D eigenvalue weighted by atomic mass is 15.4. The molecular weight excluding hydrogens is 444 g/mol. The maximum atomic E-state index is 6.53. The standard InChI is InChI=1S/C30H38N6/c1-19(2)29(32)35-27(17-34-5)22-8-6-21(7-9-22)23-10-11-25-15-26(13-12-24(25)14-23)28(16-31)36-18-30(36,33)20(3)4/h6-17,19-20,29,35H,5,18,31-33H2,1-4H3/b27-17-,28-16-. The van der Waals surface area contributed by atoms with Crippen LogP contribution >= 0.6 is 0 Å². The van der Waals surface area contributed by atoms with Crippen molar-refractivity contribution in [1.82, 2.24) is 10.2 Å². The predicted molar refractivity (Wildman–Crippen MR) is 153 cm³/mol. The van der Waals surface area contributed by atoms with Gasteiger partial charge in [-0.15, -0.1) is 0 Å². The third kappa shape index (κ3) is 5.01. The number of rotatable bonds is 9. The number of hydrogen-bond donors (Lipinski definition) is 4. The minimum absolute atomic E-state index is 0.166. The normalized spacial score (nSPS) is 19.2. The lowest BCUT2D eigenvalue weighted by atomic mass is 9.98. The van der Waals surface area contributed by atoms with Gasteiger partial charge in [0.25, 0.3) is 0 Å². The van der Waals surface area contributed by atoms with E-state index in [1.807, 2.05) is 0 Å². The van der Waals surface area contributed by atoms with Gasteiger partial charge in [0.15, 0.2) is 0 Å². The third-order valence-electron chi connectivity index (χ3n) is 7.18. The van der Waals surface area contributed by atoms with Gasteiger partial charge in [-0.2, -0.15) is 0 Å². The number of nitrogens with two attached hydrogens (primary N) is 3. The van der Waals surface area contributed by atoms with Crippen molar-refractivity contribution in [2.75, 3.05) is 6.54 Å². The van der Waals surface area contributed by atoms with Gasteiger partial charge in [0.05, 0.1) is 24.1 Å². The molecule has 188 valence electrons. The molecule has 0 spiro atoms. The molecule has 6 nitrogen and oxygen atoms in total. The van der Waals surface area contributed by atoms with E-state index < -0.39 is 0 Å². The maximum Gasteiger partial charge on any atom is 0.109 e. The Morgan fingerprint density at radius 2 is 1.58 bits per heavy atom. The molecule has 3 aromatic carbocycles. The van der Waals surface area contributed by atoms with E-state index in [0.717, 1.165) is 45.6 Å². The Kier molecular flexibility index (Phi) is 7.20. The van der Waals surface area contributed by atoms with Crippen LogP contribution in [0.15, 0.2) is 78.1 Å². The van der Waals surface area contributed by atoms with Gasteiger partial charge < -0.3 is 27.4 Å². The first-order chi connectivity index (χ1) is 17.2. The molecule has 1 aliphatic heterocycles. The Bertz CT molecular complexity index is 1300. The van der Waals surface area contributed by atoms with Crippen LogP contribution in [0.5, 0.6) is 0 Å². The molecule has 2 unspecified atom stereocenters. The maximum absolute atomic E-state index is 6.53. The van der Waals surface area contributed by atoms with E-state index in [1.165, 1.54) is 5.39 Å². The van der Waals surface area contributed by atoms with Gasteiger partial charge in [-0.1, -0.05) is 76.2 Å². The SMILES string of the molecule is C=N/C=C(\NC(N)C(C)C)c1ccc(-c2ccc3cc(/C(=C/N)N4CC4(N)C(C)C)ccc3c2)cc1. The van der Waals surface area contributed by atoms with E-state index in [1.54, 1.807) is 12.4 Å². The first-order valence-corrected chi connectivity index (χ1v) is 12.5. The summed E-state index contributed by atoms with van der Waals surface area (Å²) >= 11 is 0. The second kappa shape index (κ2) is 10.2. The van der Waals surface area contributed by atoms with Gasteiger partial charge in [0, 0.05) is 12.4 Å². The number of nitrogens with zero attached hydrogens (tertiary/aromatic N) is 2. The Morgan fingerprint density at radius 3 is 2.17 bits per heavy atom. The quantitative estimate of drug-likeness (QED) is 0.197. The van der Waals surface area contributed by atoms with Crippen LogP contribution in [0.3, 0.4) is 0 Å². The highest BCUT2D eigenvalue weighted by molar-refractivity contribution is 5.90. The molecular formula is C30H38N6. The third-order valence-corrected chi connectivity index (χ3v) is 7.18. The van der Waals surface area contributed by atoms with Crippen molar-refractivity contribution in [2.45, 2.75) is 39.5 Å². The molecule has 36 heavy (non-hydrogen) atoms. The molecule has 0 radical (unpaired) electrons. The fourth-order valence-electron chi connectivity index (χ4n) is 4.42. The molecule has 0 aliphatic carbocycles. The van der Waals surface area contributed by atoms with Gasteiger partial charge in [-0.25, -0.2) is 0 Å². The summed E-state index contributed by atoms with van der Waals surface area (Å²) in [6, 6.07) is 21.4. The van der Waals surface area contributed by atoms with E-state index in [4.69, 9.17) is 17.2 Å². The van der Waals surface area contributed by atoms with E-state index in [-0.39, 0.29) is 11.8 Å². The molecule has 4 rings (SSSR count). The highest BCUT2D eigenvalue weighted by Crippen LogP contribution is 2.41. The number of hydrogen-bond acceptors (Lipinski definition) is 6. The lowest BCUT2D eigenvalue weighted by molar-refractivity contribution is 0.395. The Hall–Kier alpha value is -3.61. The van der Waals surface area contributed by atoms with Gasteiger partial charge in [-0.3, -0.25) is 4.99 Å². The number of nitrogens with one attached hydrogen (secondary N) is 1. The minimum Gasteiger partial charge on any atom is -0.403 e. The van der Waals surface area contributed by atoms with Gasteiger partial charge in [0.2, 0.25) is 0 Å². The second-order valence-electron chi connectivity index (χ2n) is 10.3. The lowest BCUT2D eigenvalue weighted by Crippen LogP contribution is -2.40. The van der Waals surface area contributed by atoms with Crippen LogP contribution in [0.1, 0.15) is 38.8 Å². The van der Waals surface area contributed by atoms with Crippen molar-refractivity contribution in [1.29, 1.82) is 0 Å². The zero-order valence-corrected chi connectivity index (χ0v) is 21.7. The second-order valence-corrected chi connectivity index (χ2v) is 10.3. The zero-order valence-electron chi connectivity index (χ0n) is 21.7. The van der Waals surface area contributed by atoms with E-state index in [0.29, 0.717) is 11.8 Å². The molecule has 0 amide bonds. The number of aliphatic imine (C=N–C) groups is 1. The van der Waals surface area contributed by atoms with Crippen LogP contribution in [0.25, 0.3) is 33.3 Å². The Labute approximate surface area is 214 Å². The smallest absolute Gasteiger partial charge is 0.109 e. The summed E-state index contributed by atoms with van der Waals surface area (Å²) in [5.41, 5.74) is 24.7. The molecule has 6 heteroatoms. The largest absolute Gasteiger partial charge is 0.403 e. The first kappa shape index (κ1) is 25.5. The van der Waals surface area contributed by atoms with Crippen LogP contribution < -0.4 is 22.5 Å². The van der Waals surface area contributed by atoms with Crippen LogP contribution in [0.4, 0.5) is 0 Å². The molecule has 3 aromatic rings. The summed E-state index contributed by atoms with van der Waals surface area (Å²) in [5, 5.41) is 5.67. The van der Waals surface area contributed by atoms with Gasteiger partial charge in [0.1, 0.15) is 5.66 Å². The summed E-state index contributed by atoms with van der Waals surface area (Å²) in [6.45, 7) is 12.9. The summed E-state index contributed by atoms with van der Waals surface area (Å²) in [6.07, 6.45) is 3.21. The molecule has 0 aromatic heterocycles. The van der Waals surface area contributed by atoms with Crippen molar-refractivity contribution >= 4 is 28.9 Å². The number of fused-ring (bicyclic) bond motifs is 1. The van der Waals surface area contributed by atoms with Crippen LogP contribution in [-0.4, -0.2) is 30.0 Å². The van der Waals surface area contributed by atoms with E-state index in [2.05, 4.69) is 110 Å². The summed E-state index contributed by atoms with van der Waals surface area (Å²) in [4.78, 5) is 6.13. The van der Waals surface area contributed by atoms with Crippen LogP contribution in [0, 0.1) is 11.8 Å². The van der Waals surface area contributed by atoms with Crippen molar-refractivity contribution in [3.05, 3.63) is 84.2 Å². The van der Waals surface area contributed by atoms with Crippen molar-refractivity contribution in [3.63, 3.8) is 0 Å². The summed E-state index contributed by atoms with van der Waals surface area (Å²) in [5.74, 6) is 0.644. The molecule has 1 aliphatic rings. The Morgan fingerprint density at radius 1 is 0.972 bits per heavy atom. The van der Waals surface area contributed by atoms with Crippen LogP contribution in [-0.2, 0) is 0 Å². The average Bonchev–Trinajstić information content (AvgIpc) is 3.56. The minimum atomic E-state index is -0.317. The van der Waals surface area contributed by atoms with Crippen LogP contribution in [0.2, 0.25) is 0 Å². The van der Waals surface area contributed by atoms with E-state index >= 15 is 0 Å². The number of benzene rings is 3. The fraction of sp³-hybridized carbons (Fsp3) is 0.300. The molecule has 1 saturated heterocycles. The van der Waals surface area contributed by atoms with Crippen molar-refractivity contribution < 1.29 is 0 Å². The molecule has 0 saturated carbocycles. The van der Waals surface area contributed by atoms with Gasteiger partial charge >= 0.3 is 0 Å². The lowest BCUT2D eigenvalue weighted by Gasteiger charge is -2.21. The highest BCUT2D eigenvalue weighted by Gasteiger charge is 2.52. The average molecular weight is 483 g/mol. The molecule has 0 bridgehead atoms. The fourth-order valence-corrected chi connectivity index (χ4v) is 4.42. The van der Waals surface area contributed by atoms with E-state index in [9.17, 15) is 0 Å². The molecule has 1 heterocycles. The van der Waals surface area contributed by atoms with Crippen molar-refractivity contribution in [3.8, 4) is 11.1 Å². The topological polar surface area (TPSA) is 105 Å². The summed E-state index contributed by atoms with van der Waals surface area (Å²) in [7, 11) is 0. The zero-order chi connectivity index (χ0) is 26.0. The van der Waals surface area contributed by atoms with Crippen molar-refractivity contribution in [2.24, 2.45) is 34.0 Å². The predicted octanol–water partition coefficient (Wildman–Crippen LogP) is 4.92. The molecule has 7 N–H and O–H groups in total. The molecule has 1 fully saturated rings. The monoisotopic (exact) mass is 482 g/mol. The first-order valence-electron chi connectivity index (χ1n) is 12.5. The Balaban J connectivity index is 1.57.